The van der Waals surface area contributed by atoms with Crippen LogP contribution in [0.2, 0.25) is 5.02 Å². The molecule has 1 aliphatic heterocycles. The minimum Gasteiger partial charge on any atom is -0.390 e. The van der Waals surface area contributed by atoms with Gasteiger partial charge in [-0.3, -0.25) is 0 Å². The van der Waals surface area contributed by atoms with E-state index in [1.807, 2.05) is 13.2 Å². The van der Waals surface area contributed by atoms with Gasteiger partial charge in [-0.15, -0.1) is 0 Å². The zero-order valence-corrected chi connectivity index (χ0v) is 19.1. The molecule has 3 aromatic rings. The molecule has 10 heteroatoms. The fourth-order valence-electron chi connectivity index (χ4n) is 7.21. The standard InChI is InChI=1S/C23H25ClN8O/c1-13-30(2)18-9-25-21(28-17-10-31-19(4-16(17)24)26-12-27-31)29-20(18)32(13)22-5-14-3-15(6-22)8-23(33,7-14)11-22/h4,9-10,12,14-15,33H,1,3,5-8,11H2,2H3,(H,25,28,29). The molecule has 2 N–H and O–H groups in total. The number of aromatic nitrogens is 5. The highest BCUT2D eigenvalue weighted by molar-refractivity contribution is 6.33. The Hall–Kier alpha value is -2.91. The smallest absolute Gasteiger partial charge is 0.229 e. The highest BCUT2D eigenvalue weighted by Crippen LogP contribution is 2.62. The minimum absolute atomic E-state index is 0.154. The number of rotatable bonds is 3. The van der Waals surface area contributed by atoms with Gasteiger partial charge in [0.25, 0.3) is 0 Å². The van der Waals surface area contributed by atoms with Crippen molar-refractivity contribution in [3.63, 3.8) is 0 Å². The minimum atomic E-state index is -0.569. The molecule has 4 bridgehead atoms. The van der Waals surface area contributed by atoms with Crippen LogP contribution in [0, 0.1) is 11.8 Å². The van der Waals surface area contributed by atoms with E-state index >= 15 is 0 Å². The summed E-state index contributed by atoms with van der Waals surface area (Å²) in [6.07, 6.45) is 11.1. The summed E-state index contributed by atoms with van der Waals surface area (Å²) < 4.78 is 1.65. The molecule has 0 saturated heterocycles. The fourth-order valence-corrected chi connectivity index (χ4v) is 7.41. The first-order valence-electron chi connectivity index (χ1n) is 11.4. The van der Waals surface area contributed by atoms with Crippen LogP contribution in [-0.4, -0.2) is 47.9 Å². The zero-order valence-electron chi connectivity index (χ0n) is 18.4. The van der Waals surface area contributed by atoms with Gasteiger partial charge in [0.15, 0.2) is 11.5 Å². The van der Waals surface area contributed by atoms with E-state index in [0.29, 0.717) is 34.1 Å². The number of anilines is 4. The molecule has 9 nitrogen and oxygen atoms in total. The van der Waals surface area contributed by atoms with Gasteiger partial charge in [0.2, 0.25) is 5.95 Å². The maximum absolute atomic E-state index is 11.3. The Balaban J connectivity index is 1.29. The van der Waals surface area contributed by atoms with Gasteiger partial charge >= 0.3 is 0 Å². The summed E-state index contributed by atoms with van der Waals surface area (Å²) in [5.41, 5.74) is 1.52. The molecule has 8 rings (SSSR count). The summed E-state index contributed by atoms with van der Waals surface area (Å²) in [7, 11) is 2.00. The fraction of sp³-hybridized carbons (Fsp3) is 0.478. The molecular weight excluding hydrogens is 440 g/mol. The molecule has 33 heavy (non-hydrogen) atoms. The van der Waals surface area contributed by atoms with Crippen LogP contribution >= 0.6 is 11.6 Å². The Kier molecular flexibility index (Phi) is 3.77. The van der Waals surface area contributed by atoms with E-state index in [4.69, 9.17) is 16.6 Å². The number of halogens is 1. The first-order valence-corrected chi connectivity index (χ1v) is 11.8. The third-order valence-corrected chi connectivity index (χ3v) is 8.37. The normalized spacial score (nSPS) is 32.2. The quantitative estimate of drug-likeness (QED) is 0.605. The SMILES string of the molecule is C=C1N(C)c2cnc(Nc3cn4ncnc4cc3Cl)nc2N1C12CC3CC(CC(O)(C3)C1)C2. The highest BCUT2D eigenvalue weighted by atomic mass is 35.5. The monoisotopic (exact) mass is 464 g/mol. The van der Waals surface area contributed by atoms with Crippen molar-refractivity contribution in [3.05, 3.63) is 42.2 Å². The first-order chi connectivity index (χ1) is 15.8. The van der Waals surface area contributed by atoms with Crippen molar-refractivity contribution in [1.29, 1.82) is 0 Å². The van der Waals surface area contributed by atoms with E-state index in [-0.39, 0.29) is 5.54 Å². The molecule has 0 radical (unpaired) electrons. The second kappa shape index (κ2) is 6.36. The van der Waals surface area contributed by atoms with E-state index < -0.39 is 5.60 Å². The number of nitrogens with one attached hydrogen (secondary N) is 1. The topological polar surface area (TPSA) is 94.7 Å². The van der Waals surface area contributed by atoms with Crippen molar-refractivity contribution >= 4 is 40.4 Å². The number of nitrogens with zero attached hydrogens (tertiary/aromatic N) is 7. The van der Waals surface area contributed by atoms with Crippen molar-refractivity contribution in [2.75, 3.05) is 22.2 Å². The second-order valence-corrected chi connectivity index (χ2v) is 10.8. The van der Waals surface area contributed by atoms with Crippen molar-refractivity contribution in [1.82, 2.24) is 24.6 Å². The Morgan fingerprint density at radius 2 is 2.00 bits per heavy atom. The zero-order chi connectivity index (χ0) is 22.5. The van der Waals surface area contributed by atoms with Crippen LogP contribution in [0.3, 0.4) is 0 Å². The van der Waals surface area contributed by atoms with E-state index in [1.54, 1.807) is 16.8 Å². The predicted molar refractivity (Wildman–Crippen MR) is 126 cm³/mol. The van der Waals surface area contributed by atoms with Crippen LogP contribution in [0.15, 0.2) is 37.2 Å². The Labute approximate surface area is 196 Å². The van der Waals surface area contributed by atoms with Crippen LogP contribution in [-0.2, 0) is 0 Å². The van der Waals surface area contributed by atoms with Gasteiger partial charge in [0.05, 0.1) is 34.2 Å². The third-order valence-electron chi connectivity index (χ3n) is 8.05. The Morgan fingerprint density at radius 3 is 2.76 bits per heavy atom. The van der Waals surface area contributed by atoms with Crippen molar-refractivity contribution in [2.24, 2.45) is 11.8 Å². The third kappa shape index (κ3) is 2.75. The summed E-state index contributed by atoms with van der Waals surface area (Å²) in [4.78, 5) is 18.0. The number of fused-ring (bicyclic) bond motifs is 2. The molecule has 5 aliphatic rings. The lowest BCUT2D eigenvalue weighted by atomic mass is 9.50. The molecule has 4 fully saturated rings. The number of hydrogen-bond donors (Lipinski definition) is 2. The molecule has 3 aromatic heterocycles. The van der Waals surface area contributed by atoms with Gasteiger partial charge in [-0.25, -0.2) is 14.5 Å². The van der Waals surface area contributed by atoms with Gasteiger partial charge in [-0.1, -0.05) is 18.2 Å². The maximum Gasteiger partial charge on any atom is 0.229 e. The number of pyridine rings is 1. The molecule has 170 valence electrons. The van der Waals surface area contributed by atoms with Gasteiger partial charge < -0.3 is 20.2 Å². The Morgan fingerprint density at radius 1 is 1.21 bits per heavy atom. The van der Waals surface area contributed by atoms with Crippen LogP contribution in [0.1, 0.15) is 38.5 Å². The average Bonchev–Trinajstić information content (AvgIpc) is 3.28. The Bertz CT molecular complexity index is 1310. The van der Waals surface area contributed by atoms with Crippen LogP contribution < -0.4 is 15.1 Å². The molecule has 4 heterocycles. The number of hydrogen-bond acceptors (Lipinski definition) is 8. The summed E-state index contributed by atoms with van der Waals surface area (Å²) in [5.74, 6) is 3.30. The van der Waals surface area contributed by atoms with Crippen molar-refractivity contribution in [2.45, 2.75) is 49.7 Å². The molecule has 0 aromatic carbocycles. The number of aliphatic hydroxyl groups is 1. The maximum atomic E-state index is 11.3. The van der Waals surface area contributed by atoms with E-state index in [1.165, 1.54) is 12.7 Å². The van der Waals surface area contributed by atoms with E-state index in [0.717, 1.165) is 49.4 Å². The first kappa shape index (κ1) is 19.5. The average molecular weight is 465 g/mol. The molecule has 4 aliphatic carbocycles. The van der Waals surface area contributed by atoms with Gasteiger partial charge in [0.1, 0.15) is 17.8 Å². The molecule has 2 atom stereocenters. The van der Waals surface area contributed by atoms with Crippen LogP contribution in [0.5, 0.6) is 0 Å². The highest BCUT2D eigenvalue weighted by Gasteiger charge is 2.61. The second-order valence-electron chi connectivity index (χ2n) is 10.3. The summed E-state index contributed by atoms with van der Waals surface area (Å²) in [5, 5.41) is 19.3. The lowest BCUT2D eigenvalue weighted by Crippen LogP contribution is -2.65. The van der Waals surface area contributed by atoms with Crippen molar-refractivity contribution < 1.29 is 5.11 Å². The predicted octanol–water partition coefficient (Wildman–Crippen LogP) is 3.73. The summed E-state index contributed by atoms with van der Waals surface area (Å²) >= 11 is 6.47. The van der Waals surface area contributed by atoms with Crippen molar-refractivity contribution in [3.8, 4) is 0 Å². The molecule has 0 spiro atoms. The van der Waals surface area contributed by atoms with Gasteiger partial charge in [-0.2, -0.15) is 10.1 Å². The summed E-state index contributed by atoms with van der Waals surface area (Å²) in [6.45, 7) is 4.41. The van der Waals surface area contributed by atoms with Gasteiger partial charge in [0, 0.05) is 13.1 Å². The molecular formula is C23H25ClN8O. The van der Waals surface area contributed by atoms with Gasteiger partial charge in [-0.05, 0) is 50.4 Å². The lowest BCUT2D eigenvalue weighted by Gasteiger charge is -2.62. The lowest BCUT2D eigenvalue weighted by molar-refractivity contribution is -0.133. The molecule has 0 amide bonds. The molecule has 4 saturated carbocycles. The van der Waals surface area contributed by atoms with Crippen LogP contribution in [0.25, 0.3) is 5.65 Å². The van der Waals surface area contributed by atoms with E-state index in [2.05, 4.69) is 36.8 Å². The van der Waals surface area contributed by atoms with E-state index in [9.17, 15) is 5.11 Å². The summed E-state index contributed by atoms with van der Waals surface area (Å²) in [6, 6.07) is 1.75. The molecule has 2 unspecified atom stereocenters. The van der Waals surface area contributed by atoms with Crippen LogP contribution in [0.4, 0.5) is 23.1 Å². The largest absolute Gasteiger partial charge is 0.390 e.